The maximum atomic E-state index is 6.34. The van der Waals surface area contributed by atoms with Crippen molar-refractivity contribution in [3.63, 3.8) is 0 Å². The van der Waals surface area contributed by atoms with E-state index in [2.05, 4.69) is 39.1 Å². The lowest BCUT2D eigenvalue weighted by Crippen LogP contribution is -2.24. The van der Waals surface area contributed by atoms with E-state index in [1.807, 2.05) is 0 Å². The molecule has 0 aliphatic carbocycles. The Kier molecular flexibility index (Phi) is 3.32. The van der Waals surface area contributed by atoms with Gasteiger partial charge in [-0.2, -0.15) is 0 Å². The van der Waals surface area contributed by atoms with Gasteiger partial charge in [0.05, 0.1) is 6.20 Å². The van der Waals surface area contributed by atoms with E-state index >= 15 is 0 Å². The summed E-state index contributed by atoms with van der Waals surface area (Å²) in [6, 6.07) is 8.72. The van der Waals surface area contributed by atoms with Crippen LogP contribution in [0.5, 0.6) is 0 Å². The van der Waals surface area contributed by atoms with Crippen LogP contribution in [0.4, 0.5) is 0 Å². The average Bonchev–Trinajstić information content (AvgIpc) is 2.80. The van der Waals surface area contributed by atoms with E-state index in [9.17, 15) is 0 Å². The number of hydrogen-bond acceptors (Lipinski definition) is 2. The second kappa shape index (κ2) is 5.32. The van der Waals surface area contributed by atoms with E-state index in [-0.39, 0.29) is 0 Å². The average molecular weight is 300 g/mol. The van der Waals surface area contributed by atoms with Crippen LogP contribution in [0.25, 0.3) is 5.57 Å². The molecule has 2 aliphatic heterocycles. The minimum atomic E-state index is 0.741. The van der Waals surface area contributed by atoms with Crippen molar-refractivity contribution in [1.82, 2.24) is 14.9 Å². The molecule has 0 amide bonds. The number of piperidine rings is 1. The second-order valence-electron chi connectivity index (χ2n) is 5.69. The third kappa shape index (κ3) is 2.21. The van der Waals surface area contributed by atoms with Crippen molar-refractivity contribution in [3.8, 4) is 0 Å². The number of rotatable bonds is 0. The Labute approximate surface area is 129 Å². The minimum absolute atomic E-state index is 0.741. The first-order valence-electron chi connectivity index (χ1n) is 7.57. The molecule has 0 radical (unpaired) electrons. The van der Waals surface area contributed by atoms with Gasteiger partial charge in [-0.25, -0.2) is 4.98 Å². The summed E-state index contributed by atoms with van der Waals surface area (Å²) in [6.07, 6.45) is 4.98. The Hall–Kier alpha value is -1.58. The highest BCUT2D eigenvalue weighted by Crippen LogP contribution is 2.36. The van der Waals surface area contributed by atoms with E-state index in [0.717, 1.165) is 49.9 Å². The lowest BCUT2D eigenvalue weighted by molar-refractivity contribution is 0.610. The van der Waals surface area contributed by atoms with Crippen LogP contribution in [0.2, 0.25) is 5.15 Å². The fourth-order valence-electron chi connectivity index (χ4n) is 3.43. The first-order chi connectivity index (χ1) is 10.3. The molecule has 3 nitrogen and oxygen atoms in total. The van der Waals surface area contributed by atoms with Gasteiger partial charge < -0.3 is 9.88 Å². The summed E-state index contributed by atoms with van der Waals surface area (Å²) in [4.78, 5) is 4.62. The van der Waals surface area contributed by atoms with Gasteiger partial charge in [-0.1, -0.05) is 41.4 Å². The van der Waals surface area contributed by atoms with Crippen LogP contribution in [-0.4, -0.2) is 22.6 Å². The zero-order chi connectivity index (χ0) is 14.2. The van der Waals surface area contributed by atoms with Gasteiger partial charge in [0.1, 0.15) is 11.0 Å². The van der Waals surface area contributed by atoms with Crippen LogP contribution in [0.3, 0.4) is 0 Å². The van der Waals surface area contributed by atoms with Crippen molar-refractivity contribution < 1.29 is 0 Å². The molecule has 1 aromatic carbocycles. The molecule has 2 aromatic rings. The van der Waals surface area contributed by atoms with Gasteiger partial charge in [-0.05, 0) is 43.5 Å². The number of aryl methyl sites for hydroxylation is 1. The Morgan fingerprint density at radius 1 is 1.10 bits per heavy atom. The van der Waals surface area contributed by atoms with Crippen LogP contribution in [0.15, 0.2) is 36.0 Å². The predicted octanol–water partition coefficient (Wildman–Crippen LogP) is 3.28. The fourth-order valence-corrected chi connectivity index (χ4v) is 3.64. The molecule has 2 aliphatic rings. The molecule has 1 aromatic heterocycles. The van der Waals surface area contributed by atoms with Crippen molar-refractivity contribution in [2.45, 2.75) is 25.8 Å². The molecule has 0 saturated carbocycles. The molecule has 0 bridgehead atoms. The van der Waals surface area contributed by atoms with Crippen molar-refractivity contribution >= 4 is 17.2 Å². The maximum absolute atomic E-state index is 6.34. The number of nitrogens with one attached hydrogen (secondary N) is 1. The highest BCUT2D eigenvalue weighted by Gasteiger charge is 2.24. The van der Waals surface area contributed by atoms with E-state index in [1.54, 1.807) is 6.20 Å². The van der Waals surface area contributed by atoms with Crippen LogP contribution in [0, 0.1) is 0 Å². The number of aromatic nitrogens is 2. The third-order valence-electron chi connectivity index (χ3n) is 4.48. The highest BCUT2D eigenvalue weighted by atomic mass is 35.5. The smallest absolute Gasteiger partial charge is 0.141 e. The fraction of sp³-hybridized carbons (Fsp3) is 0.353. The zero-order valence-corrected chi connectivity index (χ0v) is 12.7. The molecule has 1 N–H and O–H groups in total. The molecule has 108 valence electrons. The van der Waals surface area contributed by atoms with E-state index in [0.29, 0.717) is 0 Å². The second-order valence-corrected chi connectivity index (χ2v) is 6.08. The van der Waals surface area contributed by atoms with Crippen molar-refractivity contribution in [2.75, 3.05) is 13.1 Å². The highest BCUT2D eigenvalue weighted by molar-refractivity contribution is 6.29. The molecule has 4 rings (SSSR count). The quantitative estimate of drug-likeness (QED) is 0.809. The molecular formula is C17H18ClN3. The van der Waals surface area contributed by atoms with Gasteiger partial charge in [0, 0.05) is 12.1 Å². The van der Waals surface area contributed by atoms with Crippen LogP contribution in [-0.2, 0) is 13.0 Å². The number of hydrogen-bond donors (Lipinski definition) is 1. The Morgan fingerprint density at radius 2 is 1.90 bits per heavy atom. The van der Waals surface area contributed by atoms with Gasteiger partial charge in [0.2, 0.25) is 0 Å². The van der Waals surface area contributed by atoms with Gasteiger partial charge in [0.15, 0.2) is 0 Å². The summed E-state index contributed by atoms with van der Waals surface area (Å²) in [5.41, 5.74) is 5.57. The molecule has 0 atom stereocenters. The van der Waals surface area contributed by atoms with Crippen LogP contribution >= 0.6 is 11.6 Å². The molecule has 3 heterocycles. The summed E-state index contributed by atoms with van der Waals surface area (Å²) < 4.78 is 2.16. The third-order valence-corrected chi connectivity index (χ3v) is 4.78. The Morgan fingerprint density at radius 3 is 2.76 bits per heavy atom. The monoisotopic (exact) mass is 299 g/mol. The molecule has 1 saturated heterocycles. The van der Waals surface area contributed by atoms with Crippen molar-refractivity contribution in [3.05, 3.63) is 58.1 Å². The van der Waals surface area contributed by atoms with Gasteiger partial charge >= 0.3 is 0 Å². The van der Waals surface area contributed by atoms with E-state index in [4.69, 9.17) is 11.6 Å². The Bertz CT molecular complexity index is 707. The zero-order valence-electron chi connectivity index (χ0n) is 11.9. The largest absolute Gasteiger partial charge is 0.316 e. The number of fused-ring (bicyclic) bond motifs is 2. The SMILES string of the molecule is Clc1cnc2n1CCc1ccccc1C2=C1CCNCC1. The summed E-state index contributed by atoms with van der Waals surface area (Å²) in [5, 5.41) is 4.18. The number of benzene rings is 1. The summed E-state index contributed by atoms with van der Waals surface area (Å²) >= 11 is 6.34. The summed E-state index contributed by atoms with van der Waals surface area (Å²) in [6.45, 7) is 3.01. The maximum Gasteiger partial charge on any atom is 0.141 e. The van der Waals surface area contributed by atoms with E-state index in [1.165, 1.54) is 22.3 Å². The first-order valence-corrected chi connectivity index (χ1v) is 7.95. The van der Waals surface area contributed by atoms with Crippen molar-refractivity contribution in [1.29, 1.82) is 0 Å². The molecule has 0 unspecified atom stereocenters. The number of nitrogens with zero attached hydrogens (tertiary/aromatic N) is 2. The van der Waals surface area contributed by atoms with Crippen LogP contribution in [0.1, 0.15) is 29.8 Å². The molecular weight excluding hydrogens is 282 g/mol. The summed E-state index contributed by atoms with van der Waals surface area (Å²) in [5.74, 6) is 1.04. The lowest BCUT2D eigenvalue weighted by Gasteiger charge is -2.20. The lowest BCUT2D eigenvalue weighted by atomic mass is 9.90. The minimum Gasteiger partial charge on any atom is -0.316 e. The van der Waals surface area contributed by atoms with Gasteiger partial charge in [-0.3, -0.25) is 0 Å². The number of imidazole rings is 1. The van der Waals surface area contributed by atoms with Crippen molar-refractivity contribution in [2.24, 2.45) is 0 Å². The van der Waals surface area contributed by atoms with Gasteiger partial charge in [-0.15, -0.1) is 0 Å². The number of halogens is 1. The van der Waals surface area contributed by atoms with Crippen LogP contribution < -0.4 is 5.32 Å². The van der Waals surface area contributed by atoms with Gasteiger partial charge in [0.25, 0.3) is 0 Å². The topological polar surface area (TPSA) is 29.9 Å². The van der Waals surface area contributed by atoms with E-state index < -0.39 is 0 Å². The normalized spacial score (nSPS) is 18.1. The molecule has 0 spiro atoms. The molecule has 1 fully saturated rings. The summed E-state index contributed by atoms with van der Waals surface area (Å²) in [7, 11) is 0. The Balaban J connectivity index is 1.98. The first kappa shape index (κ1) is 13.1. The molecule has 4 heteroatoms. The predicted molar refractivity (Wildman–Crippen MR) is 85.5 cm³/mol. The standard InChI is InChI=1S/C17H18ClN3/c18-15-11-20-17-16(13-5-8-19-9-6-13)14-4-2-1-3-12(14)7-10-21(15)17/h1-4,11,19H,5-10H2. The molecule has 21 heavy (non-hydrogen) atoms.